The number of benzene rings is 1. The predicted octanol–water partition coefficient (Wildman–Crippen LogP) is 2.87. The molecule has 3 atom stereocenters. The zero-order chi connectivity index (χ0) is 21.4. The molecule has 3 unspecified atom stereocenters. The summed E-state index contributed by atoms with van der Waals surface area (Å²) >= 11 is 0. The van der Waals surface area contributed by atoms with Gasteiger partial charge in [0.25, 0.3) is 5.91 Å². The summed E-state index contributed by atoms with van der Waals surface area (Å²) in [5.41, 5.74) is 3.71. The molecule has 0 saturated carbocycles. The van der Waals surface area contributed by atoms with Crippen LogP contribution in [0.3, 0.4) is 0 Å². The van der Waals surface area contributed by atoms with Gasteiger partial charge >= 0.3 is 6.03 Å². The second-order valence-corrected chi connectivity index (χ2v) is 8.93. The maximum atomic E-state index is 13.4. The van der Waals surface area contributed by atoms with Crippen LogP contribution in [0.25, 0.3) is 0 Å². The number of aryl methyl sites for hydroxylation is 2. The largest absolute Gasteiger partial charge is 0.343 e. The second kappa shape index (κ2) is 8.55. The van der Waals surface area contributed by atoms with Crippen LogP contribution in [-0.2, 0) is 4.79 Å². The van der Waals surface area contributed by atoms with Crippen LogP contribution in [0.15, 0.2) is 18.2 Å². The number of anilines is 1. The monoisotopic (exact) mass is 413 g/mol. The summed E-state index contributed by atoms with van der Waals surface area (Å²) in [4.78, 5) is 34.1. The summed E-state index contributed by atoms with van der Waals surface area (Å²) in [7, 11) is 1.82. The number of carbonyl (C=O) groups is 2. The molecule has 3 amide bonds. The van der Waals surface area contributed by atoms with Crippen LogP contribution in [0.4, 0.5) is 10.5 Å². The van der Waals surface area contributed by atoms with Crippen LogP contribution in [0.5, 0.6) is 0 Å². The Hall–Kier alpha value is -2.12. The average molecular weight is 414 g/mol. The van der Waals surface area contributed by atoms with E-state index >= 15 is 0 Å². The lowest BCUT2D eigenvalue weighted by Crippen LogP contribution is -2.66. The smallest absolute Gasteiger partial charge is 0.327 e. The highest BCUT2D eigenvalue weighted by Crippen LogP contribution is 2.33. The van der Waals surface area contributed by atoms with Crippen molar-refractivity contribution in [3.8, 4) is 0 Å². The van der Waals surface area contributed by atoms with Gasteiger partial charge in [0.1, 0.15) is 18.5 Å². The molecule has 3 heterocycles. The highest BCUT2D eigenvalue weighted by atomic mass is 16.2. The summed E-state index contributed by atoms with van der Waals surface area (Å²) < 4.78 is 0. The molecule has 1 aromatic carbocycles. The second-order valence-electron chi connectivity index (χ2n) is 8.93. The number of fused-ring (bicyclic) bond motifs is 3. The zero-order valence-corrected chi connectivity index (χ0v) is 18.7. The average Bonchev–Trinajstić information content (AvgIpc) is 3.13. The molecule has 0 radical (unpaired) electrons. The molecule has 1 aromatic rings. The first kappa shape index (κ1) is 21.1. The van der Waals surface area contributed by atoms with Crippen molar-refractivity contribution in [3.05, 3.63) is 29.3 Å². The number of imide groups is 1. The van der Waals surface area contributed by atoms with Gasteiger partial charge in [0.15, 0.2) is 0 Å². The summed E-state index contributed by atoms with van der Waals surface area (Å²) in [6.45, 7) is 8.73. The van der Waals surface area contributed by atoms with E-state index in [2.05, 4.69) is 54.1 Å². The molecule has 4 rings (SSSR count). The summed E-state index contributed by atoms with van der Waals surface area (Å²) in [6, 6.07) is 6.04. The van der Waals surface area contributed by atoms with Crippen LogP contribution in [0, 0.1) is 13.8 Å². The highest BCUT2D eigenvalue weighted by molar-refractivity contribution is 6.00. The number of carbonyl (C=O) groups excluding carboxylic acids is 2. The standard InChI is InChI=1S/C23H35N5O2/c1-5-6-7-8-12-28-21(29)19-20(25(4)23(28)30)24-22-26(13-9-14-27(19)22)18-11-10-16(2)17(3)15-18/h10-11,15,19-20,22,24H,5-9,12-14H2,1-4H3. The van der Waals surface area contributed by atoms with E-state index in [0.29, 0.717) is 6.54 Å². The van der Waals surface area contributed by atoms with Crippen LogP contribution in [-0.4, -0.2) is 71.8 Å². The summed E-state index contributed by atoms with van der Waals surface area (Å²) in [5, 5.41) is 3.59. The van der Waals surface area contributed by atoms with Crippen LogP contribution >= 0.6 is 0 Å². The number of amides is 3. The van der Waals surface area contributed by atoms with E-state index in [1.165, 1.54) is 16.0 Å². The molecule has 0 spiro atoms. The Morgan fingerprint density at radius 1 is 1.07 bits per heavy atom. The molecule has 7 heteroatoms. The van der Waals surface area contributed by atoms with Crippen molar-refractivity contribution in [2.45, 2.75) is 71.4 Å². The third-order valence-electron chi connectivity index (χ3n) is 6.93. The van der Waals surface area contributed by atoms with Gasteiger partial charge in [0, 0.05) is 32.4 Å². The molecule has 0 aromatic heterocycles. The molecule has 164 valence electrons. The van der Waals surface area contributed by atoms with Crippen LogP contribution < -0.4 is 10.2 Å². The topological polar surface area (TPSA) is 59.1 Å². The Bertz CT molecular complexity index is 813. The number of likely N-dealkylation sites (N-methyl/N-ethyl adjacent to an activating group) is 1. The quantitative estimate of drug-likeness (QED) is 0.727. The fourth-order valence-corrected chi connectivity index (χ4v) is 4.99. The number of nitrogens with zero attached hydrogens (tertiary/aromatic N) is 4. The molecule has 0 bridgehead atoms. The lowest BCUT2D eigenvalue weighted by molar-refractivity contribution is -0.138. The molecule has 30 heavy (non-hydrogen) atoms. The zero-order valence-electron chi connectivity index (χ0n) is 18.7. The van der Waals surface area contributed by atoms with E-state index in [-0.39, 0.29) is 30.4 Å². The number of nitrogens with one attached hydrogen (secondary N) is 1. The van der Waals surface area contributed by atoms with Gasteiger partial charge in [-0.05, 0) is 49.9 Å². The lowest BCUT2D eigenvalue weighted by Gasteiger charge is -2.44. The lowest BCUT2D eigenvalue weighted by atomic mass is 10.1. The van der Waals surface area contributed by atoms with Gasteiger partial charge in [-0.1, -0.05) is 32.3 Å². The number of hydrogen-bond acceptors (Lipinski definition) is 5. The van der Waals surface area contributed by atoms with Gasteiger partial charge in [0.05, 0.1) is 0 Å². The maximum absolute atomic E-state index is 13.4. The van der Waals surface area contributed by atoms with Crippen molar-refractivity contribution < 1.29 is 9.59 Å². The summed E-state index contributed by atoms with van der Waals surface area (Å²) in [5.74, 6) is -0.0449. The third-order valence-corrected chi connectivity index (χ3v) is 6.93. The minimum atomic E-state index is -0.321. The predicted molar refractivity (Wildman–Crippen MR) is 118 cm³/mol. The molecular formula is C23H35N5O2. The van der Waals surface area contributed by atoms with Crippen molar-refractivity contribution in [1.82, 2.24) is 20.0 Å². The van der Waals surface area contributed by atoms with Crippen molar-refractivity contribution in [2.75, 3.05) is 31.6 Å². The minimum absolute atomic E-state index is 0.0449. The van der Waals surface area contributed by atoms with Crippen LogP contribution in [0.1, 0.15) is 50.2 Å². The molecule has 7 nitrogen and oxygen atoms in total. The molecule has 3 aliphatic heterocycles. The molecule has 1 N–H and O–H groups in total. The molecular weight excluding hydrogens is 378 g/mol. The first-order valence-corrected chi connectivity index (χ1v) is 11.4. The van der Waals surface area contributed by atoms with Gasteiger partial charge in [0.2, 0.25) is 0 Å². The Kier molecular flexibility index (Phi) is 6.02. The number of rotatable bonds is 6. The van der Waals surface area contributed by atoms with Gasteiger partial charge in [-0.2, -0.15) is 0 Å². The van der Waals surface area contributed by atoms with Gasteiger partial charge in [-0.3, -0.25) is 19.9 Å². The Labute approximate surface area is 180 Å². The van der Waals surface area contributed by atoms with E-state index in [4.69, 9.17) is 0 Å². The fourth-order valence-electron chi connectivity index (χ4n) is 4.99. The molecule has 3 fully saturated rings. The van der Waals surface area contributed by atoms with E-state index in [9.17, 15) is 9.59 Å². The molecule has 3 saturated heterocycles. The Morgan fingerprint density at radius 3 is 2.60 bits per heavy atom. The van der Waals surface area contributed by atoms with Gasteiger partial charge in [-0.15, -0.1) is 0 Å². The Balaban J connectivity index is 1.56. The van der Waals surface area contributed by atoms with Gasteiger partial charge < -0.3 is 9.80 Å². The van der Waals surface area contributed by atoms with Crippen molar-refractivity contribution in [3.63, 3.8) is 0 Å². The highest BCUT2D eigenvalue weighted by Gasteiger charge is 2.55. The van der Waals surface area contributed by atoms with E-state index in [1.807, 2.05) is 7.05 Å². The Morgan fingerprint density at radius 2 is 1.87 bits per heavy atom. The van der Waals surface area contributed by atoms with Crippen LogP contribution in [0.2, 0.25) is 0 Å². The third kappa shape index (κ3) is 3.58. The first-order chi connectivity index (χ1) is 14.4. The minimum Gasteiger partial charge on any atom is -0.343 e. The fraction of sp³-hybridized carbons (Fsp3) is 0.652. The van der Waals surface area contributed by atoms with E-state index in [1.54, 1.807) is 4.90 Å². The van der Waals surface area contributed by atoms with Crippen molar-refractivity contribution in [2.24, 2.45) is 0 Å². The normalized spacial score (nSPS) is 26.9. The number of hydrogen-bond donors (Lipinski definition) is 1. The number of unbranched alkanes of at least 4 members (excludes halogenated alkanes) is 3. The van der Waals surface area contributed by atoms with E-state index < -0.39 is 0 Å². The SMILES string of the molecule is CCCCCCN1C(=O)C2C(NC3N(c4ccc(C)c(C)c4)CCCN23)N(C)C1=O. The van der Waals surface area contributed by atoms with Crippen molar-refractivity contribution in [1.29, 1.82) is 0 Å². The van der Waals surface area contributed by atoms with Crippen molar-refractivity contribution >= 4 is 17.6 Å². The first-order valence-electron chi connectivity index (χ1n) is 11.4. The number of urea groups is 1. The molecule has 3 aliphatic rings. The van der Waals surface area contributed by atoms with E-state index in [0.717, 1.165) is 50.9 Å². The van der Waals surface area contributed by atoms with Gasteiger partial charge in [-0.25, -0.2) is 4.79 Å². The maximum Gasteiger partial charge on any atom is 0.327 e. The molecule has 0 aliphatic carbocycles. The summed E-state index contributed by atoms with van der Waals surface area (Å²) in [6.07, 6.45) is 4.84.